The van der Waals surface area contributed by atoms with Crippen molar-refractivity contribution in [1.29, 1.82) is 0 Å². The third-order valence-electron chi connectivity index (χ3n) is 7.37. The molecule has 7 rings (SSSR count). The van der Waals surface area contributed by atoms with Crippen molar-refractivity contribution in [2.24, 2.45) is 0 Å². The zero-order chi connectivity index (χ0) is 28.2. The Morgan fingerprint density at radius 3 is 2.80 bits per heavy atom. The number of carbonyl (C=O) groups is 2. The van der Waals surface area contributed by atoms with E-state index in [1.54, 1.807) is 24.7 Å². The molecule has 1 atom stereocenters. The van der Waals surface area contributed by atoms with Gasteiger partial charge in [-0.3, -0.25) is 19.6 Å². The molecular formula is C32H30N4O5. The average Bonchev–Trinajstić information content (AvgIpc) is 3.00. The first-order chi connectivity index (χ1) is 20.0. The predicted molar refractivity (Wildman–Crippen MR) is 151 cm³/mol. The van der Waals surface area contributed by atoms with Gasteiger partial charge in [-0.1, -0.05) is 18.2 Å². The lowest BCUT2D eigenvalue weighted by atomic mass is 9.87. The van der Waals surface area contributed by atoms with Gasteiger partial charge in [-0.25, -0.2) is 0 Å². The van der Waals surface area contributed by atoms with Crippen LogP contribution in [0.15, 0.2) is 79.3 Å². The molecule has 3 aromatic carbocycles. The average molecular weight is 551 g/mol. The molecule has 4 aromatic rings. The fraction of sp³-hybridized carbons (Fsp3) is 0.250. The van der Waals surface area contributed by atoms with Crippen molar-refractivity contribution in [2.75, 3.05) is 19.7 Å². The lowest BCUT2D eigenvalue weighted by molar-refractivity contribution is -0.133. The summed E-state index contributed by atoms with van der Waals surface area (Å²) in [6.45, 7) is 1.32. The number of nitrogens with one attached hydrogen (secondary N) is 1. The normalized spacial score (nSPS) is 16.5. The summed E-state index contributed by atoms with van der Waals surface area (Å²) >= 11 is 0. The van der Waals surface area contributed by atoms with E-state index in [9.17, 15) is 14.7 Å². The molecule has 3 aliphatic rings. The minimum Gasteiger partial charge on any atom is -0.507 e. The van der Waals surface area contributed by atoms with E-state index in [1.807, 2.05) is 47.4 Å². The van der Waals surface area contributed by atoms with E-state index in [4.69, 9.17) is 9.47 Å². The van der Waals surface area contributed by atoms with E-state index in [-0.39, 0.29) is 29.2 Å². The number of aromatic nitrogens is 2. The highest BCUT2D eigenvalue weighted by atomic mass is 16.5. The summed E-state index contributed by atoms with van der Waals surface area (Å²) in [7, 11) is 0. The molecule has 0 radical (unpaired) electrons. The number of benzene rings is 3. The van der Waals surface area contributed by atoms with Crippen molar-refractivity contribution in [1.82, 2.24) is 20.2 Å². The van der Waals surface area contributed by atoms with Crippen molar-refractivity contribution in [3.05, 3.63) is 107 Å². The molecule has 0 fully saturated rings. The van der Waals surface area contributed by atoms with Crippen LogP contribution >= 0.6 is 0 Å². The van der Waals surface area contributed by atoms with Gasteiger partial charge in [-0.05, 0) is 78.4 Å². The van der Waals surface area contributed by atoms with Gasteiger partial charge in [0.2, 0.25) is 5.91 Å². The topological polar surface area (TPSA) is 114 Å². The molecule has 1 aromatic heterocycles. The Labute approximate surface area is 237 Å². The molecule has 0 saturated carbocycles. The Balaban J connectivity index is 1.36. The van der Waals surface area contributed by atoms with Gasteiger partial charge in [0.25, 0.3) is 5.91 Å². The van der Waals surface area contributed by atoms with Gasteiger partial charge in [0.05, 0.1) is 23.9 Å². The van der Waals surface area contributed by atoms with Crippen molar-refractivity contribution in [3.8, 4) is 23.0 Å². The van der Waals surface area contributed by atoms with Gasteiger partial charge in [0, 0.05) is 38.1 Å². The molecule has 208 valence electrons. The van der Waals surface area contributed by atoms with Crippen LogP contribution in [0.3, 0.4) is 0 Å². The number of nitrogens with zero attached hydrogens (tertiary/aromatic N) is 3. The van der Waals surface area contributed by atoms with Crippen LogP contribution in [0, 0.1) is 0 Å². The molecule has 0 saturated heterocycles. The van der Waals surface area contributed by atoms with Gasteiger partial charge >= 0.3 is 0 Å². The van der Waals surface area contributed by atoms with Crippen molar-refractivity contribution >= 4 is 11.8 Å². The third-order valence-corrected chi connectivity index (χ3v) is 7.37. The number of phenols is 1. The van der Waals surface area contributed by atoms with E-state index in [1.165, 1.54) is 12.1 Å². The van der Waals surface area contributed by atoms with E-state index in [2.05, 4.69) is 15.3 Å². The van der Waals surface area contributed by atoms with Gasteiger partial charge in [0.1, 0.15) is 23.0 Å². The van der Waals surface area contributed by atoms with Gasteiger partial charge in [-0.2, -0.15) is 0 Å². The standard InChI is InChI=1S/C32H30N4O5/c37-29-9-7-26-19-28(29)32(39)35-12-2-16-40-24-4-1-3-22(18-24)31-27-8-6-25(41-26)17-21(27)11-15-36(31)30(38)10-5-23-20-33-13-14-34-23/h1,3-4,6-9,13-14,17-20,31,37H,2,5,10-12,15-16H2,(H,35,39). The largest absolute Gasteiger partial charge is 0.507 e. The number of phenolic OH excluding ortho intramolecular Hbond substituents is 1. The Morgan fingerprint density at radius 2 is 1.93 bits per heavy atom. The molecule has 0 spiro atoms. The maximum absolute atomic E-state index is 13.6. The Morgan fingerprint density at radius 1 is 1.05 bits per heavy atom. The van der Waals surface area contributed by atoms with Gasteiger partial charge in [0.15, 0.2) is 0 Å². The summed E-state index contributed by atoms with van der Waals surface area (Å²) in [5.74, 6) is 1.30. The minimum absolute atomic E-state index is 0.0486. The highest BCUT2D eigenvalue weighted by molar-refractivity contribution is 5.97. The number of hydrogen-bond donors (Lipinski definition) is 2. The molecule has 9 nitrogen and oxygen atoms in total. The molecule has 1 unspecified atom stereocenters. The molecule has 2 amide bonds. The maximum atomic E-state index is 13.6. The molecule has 9 heteroatoms. The highest BCUT2D eigenvalue weighted by Crippen LogP contribution is 2.39. The number of amides is 2. The first-order valence-electron chi connectivity index (χ1n) is 13.7. The van der Waals surface area contributed by atoms with E-state index >= 15 is 0 Å². The smallest absolute Gasteiger partial charge is 0.255 e. The molecule has 4 heterocycles. The van der Waals surface area contributed by atoms with Crippen LogP contribution < -0.4 is 14.8 Å². The van der Waals surface area contributed by atoms with E-state index in [0.29, 0.717) is 62.6 Å². The van der Waals surface area contributed by atoms with Crippen LogP contribution in [-0.2, 0) is 17.6 Å². The SMILES string of the molecule is O=C1NCCCOc2cccc(c2)C2c3ccc(cc3CCN2C(=O)CCc2cnccn2)Oc2ccc(O)c1c2. The molecule has 41 heavy (non-hydrogen) atoms. The zero-order valence-corrected chi connectivity index (χ0v) is 22.5. The summed E-state index contributed by atoms with van der Waals surface area (Å²) in [5.41, 5.74) is 4.00. The summed E-state index contributed by atoms with van der Waals surface area (Å²) < 4.78 is 12.1. The number of hydrogen-bond acceptors (Lipinski definition) is 7. The second-order valence-electron chi connectivity index (χ2n) is 10.1. The summed E-state index contributed by atoms with van der Waals surface area (Å²) in [5, 5.41) is 13.1. The number of rotatable bonds is 3. The van der Waals surface area contributed by atoms with Crippen LogP contribution in [0.25, 0.3) is 0 Å². The predicted octanol–water partition coefficient (Wildman–Crippen LogP) is 4.59. The Kier molecular flexibility index (Phi) is 7.49. The highest BCUT2D eigenvalue weighted by Gasteiger charge is 2.32. The minimum atomic E-state index is -0.381. The number of aromatic hydroxyl groups is 1. The maximum Gasteiger partial charge on any atom is 0.255 e. The fourth-order valence-electron chi connectivity index (χ4n) is 5.36. The molecule has 0 aliphatic carbocycles. The molecule has 2 N–H and O–H groups in total. The first kappa shape index (κ1) is 26.3. The quantitative estimate of drug-likeness (QED) is 0.383. The lowest BCUT2D eigenvalue weighted by Gasteiger charge is -2.38. The lowest BCUT2D eigenvalue weighted by Crippen LogP contribution is -2.40. The number of ether oxygens (including phenoxy) is 2. The van der Waals surface area contributed by atoms with Crippen molar-refractivity contribution in [3.63, 3.8) is 0 Å². The van der Waals surface area contributed by atoms with Crippen molar-refractivity contribution in [2.45, 2.75) is 31.7 Å². The van der Waals surface area contributed by atoms with E-state index < -0.39 is 0 Å². The Bertz CT molecular complexity index is 1580. The molecular weight excluding hydrogens is 520 g/mol. The summed E-state index contributed by atoms with van der Waals surface area (Å²) in [4.78, 5) is 36.7. The summed E-state index contributed by atoms with van der Waals surface area (Å²) in [6, 6.07) is 18.0. The van der Waals surface area contributed by atoms with Crippen LogP contribution in [0.5, 0.6) is 23.0 Å². The third kappa shape index (κ3) is 5.84. The van der Waals surface area contributed by atoms with Gasteiger partial charge in [-0.15, -0.1) is 0 Å². The number of carbonyl (C=O) groups excluding carboxylic acids is 2. The van der Waals surface area contributed by atoms with Crippen LogP contribution in [-0.4, -0.2) is 51.5 Å². The zero-order valence-electron chi connectivity index (χ0n) is 22.5. The second-order valence-corrected chi connectivity index (χ2v) is 10.1. The summed E-state index contributed by atoms with van der Waals surface area (Å²) in [6.07, 6.45) is 7.05. The second kappa shape index (κ2) is 11.7. The number of aryl methyl sites for hydroxylation is 1. The van der Waals surface area contributed by atoms with E-state index in [0.717, 1.165) is 22.4 Å². The monoisotopic (exact) mass is 550 g/mol. The number of fused-ring (bicyclic) bond motifs is 6. The first-order valence-corrected chi connectivity index (χ1v) is 13.7. The molecule has 3 aliphatic heterocycles. The fourth-order valence-corrected chi connectivity index (χ4v) is 5.36. The van der Waals surface area contributed by atoms with Crippen molar-refractivity contribution < 1.29 is 24.2 Å². The van der Waals surface area contributed by atoms with Crippen LogP contribution in [0.2, 0.25) is 0 Å². The molecule has 8 bridgehead atoms. The Hall–Kier alpha value is -4.92. The van der Waals surface area contributed by atoms with Crippen LogP contribution in [0.1, 0.15) is 51.6 Å². The van der Waals surface area contributed by atoms with Crippen LogP contribution in [0.4, 0.5) is 0 Å². The van der Waals surface area contributed by atoms with Gasteiger partial charge < -0.3 is 24.8 Å².